The molecule has 3 heterocycles. The van der Waals surface area contributed by atoms with E-state index < -0.39 is 12.0 Å². The zero-order chi connectivity index (χ0) is 19.1. The molecule has 2 aliphatic rings. The predicted octanol–water partition coefficient (Wildman–Crippen LogP) is 3.03. The normalized spacial score (nSPS) is 21.3. The molecule has 1 amide bonds. The first-order valence-electron chi connectivity index (χ1n) is 9.21. The van der Waals surface area contributed by atoms with Crippen LogP contribution in [-0.2, 0) is 9.59 Å². The standard InChI is InChI=1S/C21H23N3O3/c1-13-10-14(2)22-17(13)11-16-15-6-3-4-7-18(15)24(20(16)25)12-23-9-5-8-19(23)21(26)27/h3-4,6-7,10-11,19,22H,5,8-9,12H2,1-2H3,(H,26,27)/t19-/m0/s1. The van der Waals surface area contributed by atoms with Crippen molar-refractivity contribution in [2.75, 3.05) is 18.1 Å². The Morgan fingerprint density at radius 2 is 2.11 bits per heavy atom. The lowest BCUT2D eigenvalue weighted by Gasteiger charge is -2.27. The molecule has 2 aliphatic heterocycles. The van der Waals surface area contributed by atoms with E-state index in [1.165, 1.54) is 0 Å². The summed E-state index contributed by atoms with van der Waals surface area (Å²) in [6.45, 7) is 5.00. The Morgan fingerprint density at radius 1 is 1.33 bits per heavy atom. The molecule has 140 valence electrons. The van der Waals surface area contributed by atoms with Crippen molar-refractivity contribution in [3.63, 3.8) is 0 Å². The molecule has 6 heteroatoms. The number of carbonyl (C=O) groups excluding carboxylic acids is 1. The number of hydrogen-bond acceptors (Lipinski definition) is 3. The van der Waals surface area contributed by atoms with Gasteiger partial charge in [0.15, 0.2) is 0 Å². The van der Waals surface area contributed by atoms with Gasteiger partial charge in [0.2, 0.25) is 0 Å². The van der Waals surface area contributed by atoms with Crippen LogP contribution in [0.1, 0.15) is 35.4 Å². The molecule has 1 aromatic carbocycles. The highest BCUT2D eigenvalue weighted by molar-refractivity contribution is 6.35. The van der Waals surface area contributed by atoms with Crippen LogP contribution in [0.15, 0.2) is 30.3 Å². The number of rotatable bonds is 4. The summed E-state index contributed by atoms with van der Waals surface area (Å²) >= 11 is 0. The quantitative estimate of drug-likeness (QED) is 0.817. The van der Waals surface area contributed by atoms with Gasteiger partial charge in [-0.25, -0.2) is 0 Å². The minimum atomic E-state index is -0.819. The monoisotopic (exact) mass is 365 g/mol. The molecule has 2 N–H and O–H groups in total. The number of carboxylic acids is 1. The number of nitrogens with one attached hydrogen (secondary N) is 1. The minimum absolute atomic E-state index is 0.0844. The lowest BCUT2D eigenvalue weighted by Crippen LogP contribution is -2.44. The van der Waals surface area contributed by atoms with Gasteiger partial charge < -0.3 is 10.1 Å². The molecule has 27 heavy (non-hydrogen) atoms. The van der Waals surface area contributed by atoms with Crippen LogP contribution in [0.4, 0.5) is 5.69 Å². The van der Waals surface area contributed by atoms with Gasteiger partial charge in [0.25, 0.3) is 5.91 Å². The summed E-state index contributed by atoms with van der Waals surface area (Å²) in [4.78, 5) is 31.6. The maximum atomic E-state index is 13.2. The number of aromatic amines is 1. The fraction of sp³-hybridized carbons (Fsp3) is 0.333. The number of nitrogens with zero attached hydrogens (tertiary/aromatic N) is 2. The van der Waals surface area contributed by atoms with Gasteiger partial charge in [-0.1, -0.05) is 18.2 Å². The largest absolute Gasteiger partial charge is 0.480 e. The molecule has 0 radical (unpaired) electrons. The number of benzene rings is 1. The molecule has 0 spiro atoms. The lowest BCUT2D eigenvalue weighted by atomic mass is 10.1. The van der Waals surface area contributed by atoms with Crippen LogP contribution < -0.4 is 4.90 Å². The Labute approximate surface area is 158 Å². The third-order valence-electron chi connectivity index (χ3n) is 5.41. The van der Waals surface area contributed by atoms with Crippen LogP contribution >= 0.6 is 0 Å². The second kappa shape index (κ2) is 6.70. The number of aryl methyl sites for hydroxylation is 2. The van der Waals surface area contributed by atoms with Crippen LogP contribution in [0.3, 0.4) is 0 Å². The van der Waals surface area contributed by atoms with Crippen molar-refractivity contribution in [2.45, 2.75) is 32.7 Å². The first-order chi connectivity index (χ1) is 13.0. The third-order valence-corrected chi connectivity index (χ3v) is 5.41. The van der Waals surface area contributed by atoms with Crippen LogP contribution in [0.5, 0.6) is 0 Å². The molecule has 0 unspecified atom stereocenters. The number of likely N-dealkylation sites (tertiary alicyclic amines) is 1. The van der Waals surface area contributed by atoms with E-state index in [-0.39, 0.29) is 5.91 Å². The number of carboxylic acid groups (broad SMARTS) is 1. The highest BCUT2D eigenvalue weighted by atomic mass is 16.4. The average Bonchev–Trinajstić information content (AvgIpc) is 3.29. The highest BCUT2D eigenvalue weighted by Crippen LogP contribution is 2.38. The Kier molecular flexibility index (Phi) is 4.36. The minimum Gasteiger partial charge on any atom is -0.480 e. The first-order valence-corrected chi connectivity index (χ1v) is 9.21. The van der Waals surface area contributed by atoms with E-state index in [0.29, 0.717) is 25.2 Å². The zero-order valence-electron chi connectivity index (χ0n) is 15.5. The van der Waals surface area contributed by atoms with E-state index in [1.54, 1.807) is 4.90 Å². The second-order valence-corrected chi connectivity index (χ2v) is 7.31. The number of carbonyl (C=O) groups is 2. The molecule has 0 saturated carbocycles. The molecule has 1 fully saturated rings. The van der Waals surface area contributed by atoms with E-state index in [0.717, 1.165) is 34.6 Å². The predicted molar refractivity (Wildman–Crippen MR) is 104 cm³/mol. The van der Waals surface area contributed by atoms with Gasteiger partial charge in [-0.3, -0.25) is 19.4 Å². The molecule has 1 aromatic heterocycles. The summed E-state index contributed by atoms with van der Waals surface area (Å²) in [5.74, 6) is -0.903. The van der Waals surface area contributed by atoms with Gasteiger partial charge >= 0.3 is 5.97 Å². The van der Waals surface area contributed by atoms with Gasteiger partial charge in [0, 0.05) is 23.5 Å². The van der Waals surface area contributed by atoms with Crippen molar-refractivity contribution in [3.8, 4) is 0 Å². The van der Waals surface area contributed by atoms with Gasteiger partial charge in [-0.2, -0.15) is 0 Å². The van der Waals surface area contributed by atoms with Crippen molar-refractivity contribution < 1.29 is 14.7 Å². The molecule has 1 atom stereocenters. The molecule has 4 rings (SSSR count). The van der Waals surface area contributed by atoms with E-state index in [1.807, 2.05) is 49.1 Å². The van der Waals surface area contributed by atoms with Gasteiger partial charge in [-0.15, -0.1) is 0 Å². The molecular weight excluding hydrogens is 342 g/mol. The number of aliphatic carboxylic acids is 1. The fourth-order valence-electron chi connectivity index (χ4n) is 4.09. The number of hydrogen-bond donors (Lipinski definition) is 2. The van der Waals surface area contributed by atoms with E-state index >= 15 is 0 Å². The van der Waals surface area contributed by atoms with Crippen molar-refractivity contribution in [1.82, 2.24) is 9.88 Å². The summed E-state index contributed by atoms with van der Waals surface area (Å²) in [5, 5.41) is 9.44. The van der Waals surface area contributed by atoms with Gasteiger partial charge in [0.1, 0.15) is 6.04 Å². The SMILES string of the molecule is Cc1cc(C)c(C=C2C(=O)N(CN3CCC[C@H]3C(=O)O)c3ccccc32)[nH]1. The molecule has 2 aromatic rings. The summed E-state index contributed by atoms with van der Waals surface area (Å²) < 4.78 is 0. The van der Waals surface area contributed by atoms with E-state index in [9.17, 15) is 14.7 Å². The number of aromatic nitrogens is 1. The molecular formula is C21H23N3O3. The average molecular weight is 365 g/mol. The Bertz CT molecular complexity index is 944. The van der Waals surface area contributed by atoms with E-state index in [4.69, 9.17) is 0 Å². The molecule has 0 aliphatic carbocycles. The topological polar surface area (TPSA) is 76.6 Å². The summed E-state index contributed by atoms with van der Waals surface area (Å²) in [6.07, 6.45) is 3.37. The Balaban J connectivity index is 1.70. The Hall–Kier alpha value is -2.86. The number of H-pyrrole nitrogens is 1. The third kappa shape index (κ3) is 3.06. The number of para-hydroxylation sites is 1. The lowest BCUT2D eigenvalue weighted by molar-refractivity contribution is -0.142. The maximum absolute atomic E-state index is 13.2. The highest BCUT2D eigenvalue weighted by Gasteiger charge is 2.37. The number of fused-ring (bicyclic) bond motifs is 1. The number of amides is 1. The Morgan fingerprint density at radius 3 is 2.81 bits per heavy atom. The maximum Gasteiger partial charge on any atom is 0.320 e. The van der Waals surface area contributed by atoms with Crippen molar-refractivity contribution >= 4 is 29.2 Å². The summed E-state index contributed by atoms with van der Waals surface area (Å²) in [7, 11) is 0. The number of anilines is 1. The van der Waals surface area contributed by atoms with Gasteiger partial charge in [-0.05, 0) is 50.5 Å². The van der Waals surface area contributed by atoms with Crippen molar-refractivity contribution in [3.05, 3.63) is 52.8 Å². The van der Waals surface area contributed by atoms with Crippen molar-refractivity contribution in [2.24, 2.45) is 0 Å². The first kappa shape index (κ1) is 17.5. The smallest absolute Gasteiger partial charge is 0.320 e. The molecule has 6 nitrogen and oxygen atoms in total. The van der Waals surface area contributed by atoms with Crippen LogP contribution in [0.2, 0.25) is 0 Å². The molecule has 0 bridgehead atoms. The van der Waals surface area contributed by atoms with Crippen LogP contribution in [-0.4, -0.2) is 46.1 Å². The van der Waals surface area contributed by atoms with E-state index in [2.05, 4.69) is 11.1 Å². The summed E-state index contributed by atoms with van der Waals surface area (Å²) in [6, 6.07) is 9.23. The van der Waals surface area contributed by atoms with Crippen molar-refractivity contribution in [1.29, 1.82) is 0 Å². The fourth-order valence-corrected chi connectivity index (χ4v) is 4.09. The second-order valence-electron chi connectivity index (χ2n) is 7.31. The molecule has 1 saturated heterocycles. The summed E-state index contributed by atoms with van der Waals surface area (Å²) in [5.41, 5.74) is 5.44. The van der Waals surface area contributed by atoms with Gasteiger partial charge in [0.05, 0.1) is 17.9 Å². The zero-order valence-corrected chi connectivity index (χ0v) is 15.5. The van der Waals surface area contributed by atoms with Crippen LogP contribution in [0, 0.1) is 13.8 Å². The van der Waals surface area contributed by atoms with Crippen LogP contribution in [0.25, 0.3) is 11.6 Å².